The van der Waals surface area contributed by atoms with Gasteiger partial charge in [-0.2, -0.15) is 0 Å². The zero-order valence-corrected chi connectivity index (χ0v) is 60.1. The summed E-state index contributed by atoms with van der Waals surface area (Å²) in [5, 5.41) is 191. The average Bonchev–Trinajstić information content (AvgIpc) is 0.771. The van der Waals surface area contributed by atoms with E-state index in [1.807, 2.05) is 0 Å². The highest BCUT2D eigenvalue weighted by Gasteiger charge is 2.53. The summed E-state index contributed by atoms with van der Waals surface area (Å²) in [6, 6.07) is -0.781. The Morgan fingerprint density at radius 2 is 1.21 bits per heavy atom. The molecule has 3 rings (SSSR count). The summed E-state index contributed by atoms with van der Waals surface area (Å²) >= 11 is 0. The van der Waals surface area contributed by atoms with Crippen LogP contribution in [0.1, 0.15) is 211 Å². The molecule has 17 N–H and O–H groups in total. The number of ether oxygens (including phenoxy) is 4. The van der Waals surface area contributed by atoms with Gasteiger partial charge in [-0.05, 0) is 161 Å². The number of hydrogen-bond donors (Lipinski definition) is 17. The van der Waals surface area contributed by atoms with E-state index in [4.69, 9.17) is 18.9 Å². The topological polar surface area (TPSA) is 401 Å². The minimum absolute atomic E-state index is 0.00878. The molecule has 2 bridgehead atoms. The van der Waals surface area contributed by atoms with Crippen molar-refractivity contribution in [1.29, 1.82) is 0 Å². The van der Waals surface area contributed by atoms with Gasteiger partial charge in [-0.1, -0.05) is 98.1 Å². The Labute approximate surface area is 573 Å². The van der Waals surface area contributed by atoms with Crippen molar-refractivity contribution >= 4 is 5.97 Å². The van der Waals surface area contributed by atoms with Crippen LogP contribution in [0.25, 0.3) is 0 Å². The van der Waals surface area contributed by atoms with Gasteiger partial charge in [-0.25, -0.2) is 0 Å². The quantitative estimate of drug-likeness (QED) is 0.117. The summed E-state index contributed by atoms with van der Waals surface area (Å²) in [6.45, 7) is 19.4. The van der Waals surface area contributed by atoms with Crippen LogP contribution in [0.5, 0.6) is 0 Å². The Morgan fingerprint density at radius 3 is 1.82 bits per heavy atom. The molecule has 0 radical (unpaired) electrons. The first-order valence-electron chi connectivity index (χ1n) is 36.1. The van der Waals surface area contributed by atoms with Crippen molar-refractivity contribution in [1.82, 2.24) is 4.90 Å². The highest BCUT2D eigenvalue weighted by Crippen LogP contribution is 2.42. The van der Waals surface area contributed by atoms with E-state index in [1.165, 1.54) is 12.2 Å². The number of carbonyl (C=O) groups excluding carboxylic acids is 1. The number of likely N-dealkylation sites (N-methyl/N-ethyl adjacent to an activating group) is 1. The molecule has 0 amide bonds. The molecule has 23 heteroatoms. The number of aliphatic hydroxyl groups is 17. The summed E-state index contributed by atoms with van der Waals surface area (Å²) < 4.78 is 24.5. The van der Waals surface area contributed by atoms with Gasteiger partial charge >= 0.3 is 5.97 Å². The lowest BCUT2D eigenvalue weighted by atomic mass is 9.80. The monoisotopic (exact) mass is 1380 g/mol. The molecule has 96 heavy (non-hydrogen) atoms. The van der Waals surface area contributed by atoms with Gasteiger partial charge in [0, 0.05) is 48.9 Å². The van der Waals surface area contributed by atoms with E-state index in [-0.39, 0.29) is 89.4 Å². The van der Waals surface area contributed by atoms with E-state index in [9.17, 15) is 91.6 Å². The number of carbonyl (C=O) groups is 1. The molecule has 0 spiro atoms. The van der Waals surface area contributed by atoms with E-state index in [0.717, 1.165) is 19.3 Å². The van der Waals surface area contributed by atoms with Crippen molar-refractivity contribution in [2.24, 2.45) is 41.4 Å². The number of rotatable bonds is 8. The Hall–Kier alpha value is -2.41. The molecule has 0 aliphatic carbocycles. The van der Waals surface area contributed by atoms with Gasteiger partial charge in [0.2, 0.25) is 0 Å². The van der Waals surface area contributed by atoms with Crippen molar-refractivity contribution in [3.8, 4) is 0 Å². The first-order chi connectivity index (χ1) is 44.9. The Bertz CT molecular complexity index is 2280. The number of nitrogens with zero attached hydrogens (tertiary/aromatic N) is 1. The zero-order chi connectivity index (χ0) is 72.5. The first-order valence-corrected chi connectivity index (χ1v) is 36.1. The summed E-state index contributed by atoms with van der Waals surface area (Å²) in [6.07, 6.45) is -7.61. The van der Waals surface area contributed by atoms with Gasteiger partial charge in [-0.15, -0.1) is 0 Å². The van der Waals surface area contributed by atoms with E-state index in [1.54, 1.807) is 106 Å². The Kier molecular flexibility index (Phi) is 39.8. The third kappa shape index (κ3) is 29.5. The van der Waals surface area contributed by atoms with E-state index in [0.29, 0.717) is 42.7 Å². The van der Waals surface area contributed by atoms with E-state index in [2.05, 4.69) is 13.8 Å². The molecule has 0 saturated carbocycles. The first kappa shape index (κ1) is 87.8. The van der Waals surface area contributed by atoms with Crippen molar-refractivity contribution in [3.63, 3.8) is 0 Å². The number of esters is 1. The fraction of sp³-hybridized carbons (Fsp3) is 0.877. The van der Waals surface area contributed by atoms with Gasteiger partial charge < -0.3 is 111 Å². The lowest BCUT2D eigenvalue weighted by Crippen LogP contribution is -2.64. The van der Waals surface area contributed by atoms with Gasteiger partial charge in [-0.3, -0.25) is 4.79 Å². The van der Waals surface area contributed by atoms with E-state index < -0.39 is 182 Å². The molecule has 0 aromatic rings. The highest BCUT2D eigenvalue weighted by atomic mass is 16.7. The lowest BCUT2D eigenvalue weighted by Gasteiger charge is -2.50. The molecule has 23 nitrogen and oxygen atoms in total. The maximum absolute atomic E-state index is 13.7. The Balaban J connectivity index is 1.86. The van der Waals surface area contributed by atoms with Crippen LogP contribution in [0.4, 0.5) is 0 Å². The predicted octanol–water partition coefficient (Wildman–Crippen LogP) is 4.50. The van der Waals surface area contributed by atoms with Crippen LogP contribution in [0, 0.1) is 41.4 Å². The molecule has 3 heterocycles. The average molecular weight is 1380 g/mol. The SMILES string of the molecule is CC[C@@H](C)CCC[C@H]1/C=C(/C)[C@@H](O)C[C@H](O)CCC[C@@H](O)[C@H](C)[C@@H](O)C/C=C\C=C(\C)[C@H](O)[C@H](C)[C@@H]2C[C@H](O[C@@H]3O[C@H](C)[C@@H](O)[C@H](N(C)C)[C@H]3O)[C@H](C)[C@](O)(CC(=O)O[C@@H](C)/C=C\[C@@H](O)C[C@H](O)CCC[C@@H](O)[C@H](C)[C@H](O)CC[C@@H](C)[C@@H](O)C[C@H](O)C[C@@H](O)CC[C@H](O)[C@@H]1O)O2. The summed E-state index contributed by atoms with van der Waals surface area (Å²) in [7, 11) is 3.40. The molecule has 2 saturated heterocycles. The van der Waals surface area contributed by atoms with Crippen molar-refractivity contribution in [3.05, 3.63) is 47.6 Å². The minimum Gasteiger partial charge on any atom is -0.458 e. The molecule has 3 aliphatic heterocycles. The zero-order valence-electron chi connectivity index (χ0n) is 60.1. The van der Waals surface area contributed by atoms with Gasteiger partial charge in [0.25, 0.3) is 0 Å². The number of cyclic esters (lactones) is 1. The number of hydrogen-bond acceptors (Lipinski definition) is 23. The predicted molar refractivity (Wildman–Crippen MR) is 365 cm³/mol. The molecule has 0 aromatic carbocycles. The smallest absolute Gasteiger partial charge is 0.311 e. The van der Waals surface area contributed by atoms with Crippen LogP contribution in [0.15, 0.2) is 47.6 Å². The second kappa shape index (κ2) is 43.5. The standard InChI is InChI=1S/C73H133NO22/c1-14-41(2)20-17-22-51-34-44(5)63(86)37-53(76)24-19-27-58(81)46(7)57(80)25-16-15-21-43(4)68(88)48(9)64-39-65(95-72-71(91)67(74(12)13)69(89)50(11)94-72)49(10)73(92,96-64)40-66(87)93-45(6)29-30-54(77)35-52(75)23-18-26-59(82)47(8)60(83)32-28-42(3)62(85)38-56(79)36-55(78)31-33-61(84)70(51)90/h15-16,21,29-30,34,41-42,45-65,67-72,75-86,88-92H,14,17-20,22-28,31-33,35-40H2,1-13H3/b16-15-,30-29-,43-21-,44-34-/t41-,42-,45+,46-,47+,48-,49+,50-,51+,52-,53-,54-,55+,56-,57+,58-,59-,60-,61+,62+,63+,64+,65+,67+,68+,69-,70-,71-,72+,73+/m1/s1. The van der Waals surface area contributed by atoms with Crippen LogP contribution in [0.2, 0.25) is 0 Å². The molecule has 562 valence electrons. The third-order valence-corrected chi connectivity index (χ3v) is 21.3. The van der Waals surface area contributed by atoms with Crippen molar-refractivity contribution < 1.29 is 111 Å². The van der Waals surface area contributed by atoms with Crippen LogP contribution in [-0.2, 0) is 23.7 Å². The number of allylic oxidation sites excluding steroid dienone is 2. The van der Waals surface area contributed by atoms with Crippen LogP contribution >= 0.6 is 0 Å². The molecule has 0 aromatic heterocycles. The molecular formula is C73H133NO22. The van der Waals surface area contributed by atoms with Crippen LogP contribution in [0.3, 0.4) is 0 Å². The number of fused-ring (bicyclic) bond motifs is 2. The molecule has 30 atom stereocenters. The fourth-order valence-electron chi connectivity index (χ4n) is 13.6. The Morgan fingerprint density at radius 1 is 0.625 bits per heavy atom. The summed E-state index contributed by atoms with van der Waals surface area (Å²) in [5.41, 5.74) is 0.999. The fourth-order valence-corrected chi connectivity index (χ4v) is 13.6. The second-order valence-electron chi connectivity index (χ2n) is 29.7. The van der Waals surface area contributed by atoms with Crippen LogP contribution < -0.4 is 0 Å². The molecule has 3 aliphatic rings. The van der Waals surface area contributed by atoms with Crippen LogP contribution in [-0.4, -0.2) is 252 Å². The third-order valence-electron chi connectivity index (χ3n) is 21.3. The molecular weight excluding hydrogens is 1240 g/mol. The lowest BCUT2D eigenvalue weighted by molar-refractivity contribution is -0.351. The van der Waals surface area contributed by atoms with E-state index >= 15 is 0 Å². The van der Waals surface area contributed by atoms with Gasteiger partial charge in [0.05, 0.1) is 122 Å². The molecule has 0 unspecified atom stereocenters. The maximum atomic E-state index is 13.7. The highest BCUT2D eigenvalue weighted by molar-refractivity contribution is 5.71. The summed E-state index contributed by atoms with van der Waals surface area (Å²) in [5.74, 6) is -6.45. The minimum atomic E-state index is -2.26. The van der Waals surface area contributed by atoms with Gasteiger partial charge in [0.1, 0.15) is 12.2 Å². The largest absolute Gasteiger partial charge is 0.458 e. The summed E-state index contributed by atoms with van der Waals surface area (Å²) in [4.78, 5) is 15.4. The molecule has 2 fully saturated rings. The number of aliphatic hydroxyl groups excluding tert-OH is 16. The van der Waals surface area contributed by atoms with Crippen molar-refractivity contribution in [2.75, 3.05) is 14.1 Å². The van der Waals surface area contributed by atoms with Gasteiger partial charge in [0.15, 0.2) is 12.1 Å². The van der Waals surface area contributed by atoms with Crippen molar-refractivity contribution in [2.45, 2.75) is 351 Å². The second-order valence-corrected chi connectivity index (χ2v) is 29.7. The maximum Gasteiger partial charge on any atom is 0.311 e. The normalized spacial score (nSPS) is 44.7.